The van der Waals surface area contributed by atoms with Crippen molar-refractivity contribution in [2.24, 2.45) is 5.92 Å². The van der Waals surface area contributed by atoms with Crippen molar-refractivity contribution in [3.63, 3.8) is 0 Å². The smallest absolute Gasteiger partial charge is 0.251 e. The number of furan rings is 1. The first kappa shape index (κ1) is 22.8. The Morgan fingerprint density at radius 2 is 1.73 bits per heavy atom. The van der Waals surface area contributed by atoms with Gasteiger partial charge in [0.1, 0.15) is 5.76 Å². The van der Waals surface area contributed by atoms with Crippen LogP contribution in [0.3, 0.4) is 0 Å². The van der Waals surface area contributed by atoms with E-state index in [1.807, 2.05) is 31.2 Å². The molecule has 1 aliphatic carbocycles. The molecule has 9 heteroatoms. The van der Waals surface area contributed by atoms with E-state index in [1.165, 1.54) is 30.5 Å². The summed E-state index contributed by atoms with van der Waals surface area (Å²) in [6.45, 7) is 1.89. The third-order valence-electron chi connectivity index (χ3n) is 5.42. The van der Waals surface area contributed by atoms with E-state index in [0.29, 0.717) is 11.3 Å². The zero-order chi connectivity index (χ0) is 23.4. The number of nitrogens with one attached hydrogen (secondary N) is 3. The zero-order valence-corrected chi connectivity index (χ0v) is 18.9. The molecule has 8 nitrogen and oxygen atoms in total. The Morgan fingerprint density at radius 1 is 1.03 bits per heavy atom. The molecule has 1 atom stereocenters. The second-order valence-electron chi connectivity index (χ2n) is 8.01. The van der Waals surface area contributed by atoms with E-state index in [4.69, 9.17) is 4.42 Å². The number of benzene rings is 2. The van der Waals surface area contributed by atoms with Crippen molar-refractivity contribution in [3.8, 4) is 0 Å². The van der Waals surface area contributed by atoms with Gasteiger partial charge in [0.15, 0.2) is 0 Å². The fraction of sp³-hybridized carbons (Fsp3) is 0.250. The molecule has 2 aromatic carbocycles. The number of rotatable bonds is 9. The average molecular weight is 468 g/mol. The average Bonchev–Trinajstić information content (AvgIpc) is 3.54. The molecular weight excluding hydrogens is 442 g/mol. The maximum Gasteiger partial charge on any atom is 0.251 e. The molecule has 2 amide bonds. The summed E-state index contributed by atoms with van der Waals surface area (Å²) in [6, 6.07) is 16.1. The van der Waals surface area contributed by atoms with Crippen molar-refractivity contribution in [3.05, 3.63) is 83.8 Å². The SMILES string of the molecule is CC(NC(=O)c1ccc(S(=O)(=O)NCc2ccco2)cc1)c1ccc(NC(=O)C2CC2)cc1. The molecule has 0 saturated heterocycles. The van der Waals surface area contributed by atoms with Crippen LogP contribution in [0.15, 0.2) is 76.2 Å². The first-order valence-electron chi connectivity index (χ1n) is 10.7. The summed E-state index contributed by atoms with van der Waals surface area (Å²) in [6.07, 6.45) is 3.36. The van der Waals surface area contributed by atoms with Crippen LogP contribution in [0.25, 0.3) is 0 Å². The highest BCUT2D eigenvalue weighted by molar-refractivity contribution is 7.89. The molecule has 1 saturated carbocycles. The highest BCUT2D eigenvalue weighted by Gasteiger charge is 2.29. The number of carbonyl (C=O) groups is 2. The summed E-state index contributed by atoms with van der Waals surface area (Å²) < 4.78 is 32.4. The Hall–Kier alpha value is -3.43. The molecule has 4 rings (SSSR count). The van der Waals surface area contributed by atoms with Gasteiger partial charge in [0.25, 0.3) is 5.91 Å². The predicted molar refractivity (Wildman–Crippen MR) is 123 cm³/mol. The van der Waals surface area contributed by atoms with Crippen molar-refractivity contribution in [1.29, 1.82) is 0 Å². The molecule has 1 fully saturated rings. The van der Waals surface area contributed by atoms with Gasteiger partial charge in [0.05, 0.1) is 23.7 Å². The molecule has 0 radical (unpaired) electrons. The van der Waals surface area contributed by atoms with E-state index in [2.05, 4.69) is 15.4 Å². The number of hydrogen-bond acceptors (Lipinski definition) is 5. The van der Waals surface area contributed by atoms with Gasteiger partial charge < -0.3 is 15.1 Å². The van der Waals surface area contributed by atoms with Gasteiger partial charge >= 0.3 is 0 Å². The van der Waals surface area contributed by atoms with E-state index in [0.717, 1.165) is 24.1 Å². The highest BCUT2D eigenvalue weighted by Crippen LogP contribution is 2.30. The van der Waals surface area contributed by atoms with E-state index in [-0.39, 0.29) is 35.2 Å². The molecular formula is C24H25N3O5S. The lowest BCUT2D eigenvalue weighted by Crippen LogP contribution is -2.27. The third kappa shape index (κ3) is 5.88. The van der Waals surface area contributed by atoms with Crippen LogP contribution in [0, 0.1) is 5.92 Å². The predicted octanol–water partition coefficient (Wildman–Crippen LogP) is 3.60. The Labute approximate surface area is 192 Å². The topological polar surface area (TPSA) is 118 Å². The van der Waals surface area contributed by atoms with Gasteiger partial charge in [-0.05, 0) is 73.9 Å². The standard InChI is InChI=1S/C24H25N3O5S/c1-16(17-6-10-20(11-7-17)27-24(29)18-4-5-18)26-23(28)19-8-12-22(13-9-19)33(30,31)25-15-21-3-2-14-32-21/h2-3,6-14,16,18,25H,4-5,15H2,1H3,(H,26,28)(H,27,29). The monoisotopic (exact) mass is 467 g/mol. The summed E-state index contributed by atoms with van der Waals surface area (Å²) in [7, 11) is -3.73. The van der Waals surface area contributed by atoms with Gasteiger partial charge in [-0.3, -0.25) is 9.59 Å². The largest absolute Gasteiger partial charge is 0.468 e. The van der Waals surface area contributed by atoms with Gasteiger partial charge in [0.2, 0.25) is 15.9 Å². The molecule has 0 aliphatic heterocycles. The van der Waals surface area contributed by atoms with Gasteiger partial charge in [-0.1, -0.05) is 12.1 Å². The van der Waals surface area contributed by atoms with Crippen LogP contribution >= 0.6 is 0 Å². The van der Waals surface area contributed by atoms with Crippen LogP contribution < -0.4 is 15.4 Å². The van der Waals surface area contributed by atoms with E-state index < -0.39 is 10.0 Å². The van der Waals surface area contributed by atoms with Crippen molar-refractivity contribution in [2.45, 2.75) is 37.2 Å². The fourth-order valence-electron chi connectivity index (χ4n) is 3.26. The molecule has 1 heterocycles. The van der Waals surface area contributed by atoms with Crippen LogP contribution in [0.4, 0.5) is 5.69 Å². The summed E-state index contributed by atoms with van der Waals surface area (Å²) in [5, 5.41) is 5.78. The van der Waals surface area contributed by atoms with E-state index in [9.17, 15) is 18.0 Å². The molecule has 1 aromatic heterocycles. The van der Waals surface area contributed by atoms with Crippen molar-refractivity contribution >= 4 is 27.5 Å². The number of amides is 2. The second-order valence-corrected chi connectivity index (χ2v) is 9.78. The minimum atomic E-state index is -3.73. The Morgan fingerprint density at radius 3 is 2.33 bits per heavy atom. The summed E-state index contributed by atoms with van der Waals surface area (Å²) in [5.41, 5.74) is 1.96. The summed E-state index contributed by atoms with van der Waals surface area (Å²) >= 11 is 0. The number of carbonyl (C=O) groups excluding carboxylic acids is 2. The Balaban J connectivity index is 1.33. The number of hydrogen-bond donors (Lipinski definition) is 3. The lowest BCUT2D eigenvalue weighted by atomic mass is 10.1. The quantitative estimate of drug-likeness (QED) is 0.445. The zero-order valence-electron chi connectivity index (χ0n) is 18.1. The van der Waals surface area contributed by atoms with Crippen LogP contribution in [-0.2, 0) is 21.4 Å². The lowest BCUT2D eigenvalue weighted by molar-refractivity contribution is -0.117. The summed E-state index contributed by atoms with van der Waals surface area (Å²) in [4.78, 5) is 24.5. The molecule has 1 unspecified atom stereocenters. The van der Waals surface area contributed by atoms with Crippen LogP contribution in [0.5, 0.6) is 0 Å². The maximum atomic E-state index is 12.6. The van der Waals surface area contributed by atoms with Gasteiger partial charge in [-0.15, -0.1) is 0 Å². The van der Waals surface area contributed by atoms with Gasteiger partial charge in [-0.2, -0.15) is 0 Å². The lowest BCUT2D eigenvalue weighted by Gasteiger charge is -2.15. The number of anilines is 1. The van der Waals surface area contributed by atoms with Gasteiger partial charge in [-0.25, -0.2) is 13.1 Å². The van der Waals surface area contributed by atoms with Crippen molar-refractivity contribution in [2.75, 3.05) is 5.32 Å². The molecule has 3 aromatic rings. The van der Waals surface area contributed by atoms with Crippen LogP contribution in [0.2, 0.25) is 0 Å². The Kier molecular flexibility index (Phi) is 6.62. The highest BCUT2D eigenvalue weighted by atomic mass is 32.2. The molecule has 1 aliphatic rings. The maximum absolute atomic E-state index is 12.6. The summed E-state index contributed by atoms with van der Waals surface area (Å²) in [5.74, 6) is 0.366. The third-order valence-corrected chi connectivity index (χ3v) is 6.83. The van der Waals surface area contributed by atoms with E-state index >= 15 is 0 Å². The first-order valence-corrected chi connectivity index (χ1v) is 12.1. The van der Waals surface area contributed by atoms with Crippen molar-refractivity contribution in [1.82, 2.24) is 10.0 Å². The van der Waals surface area contributed by atoms with Crippen molar-refractivity contribution < 1.29 is 22.4 Å². The fourth-order valence-corrected chi connectivity index (χ4v) is 4.25. The van der Waals surface area contributed by atoms with Gasteiger partial charge in [0, 0.05) is 17.2 Å². The molecule has 33 heavy (non-hydrogen) atoms. The van der Waals surface area contributed by atoms with Crippen LogP contribution in [-0.4, -0.2) is 20.2 Å². The molecule has 0 bridgehead atoms. The normalized spacial score (nSPS) is 14.5. The molecule has 0 spiro atoms. The minimum Gasteiger partial charge on any atom is -0.468 e. The van der Waals surface area contributed by atoms with Crippen LogP contribution in [0.1, 0.15) is 47.5 Å². The second kappa shape index (κ2) is 9.60. The first-order chi connectivity index (χ1) is 15.8. The minimum absolute atomic E-state index is 0.0398. The number of sulfonamides is 1. The molecule has 3 N–H and O–H groups in total. The Bertz CT molecular complexity index is 1220. The molecule has 172 valence electrons. The van der Waals surface area contributed by atoms with E-state index in [1.54, 1.807) is 12.1 Å².